The summed E-state index contributed by atoms with van der Waals surface area (Å²) in [4.78, 5) is 57.4. The quantitative estimate of drug-likeness (QED) is 0.248. The minimum atomic E-state index is -0.839. The van der Waals surface area contributed by atoms with Gasteiger partial charge >= 0.3 is 0 Å². The summed E-state index contributed by atoms with van der Waals surface area (Å²) in [6.07, 6.45) is 5.93. The topological polar surface area (TPSA) is 111 Å². The number of amides is 4. The number of thiophene rings is 1. The monoisotopic (exact) mass is 663 g/mol. The Balaban J connectivity index is 1.37. The molecule has 1 aromatic heterocycles. The molecular formula is C36H46FN5O4S. The Kier molecular flexibility index (Phi) is 11.6. The van der Waals surface area contributed by atoms with E-state index in [-0.39, 0.29) is 35.7 Å². The van der Waals surface area contributed by atoms with Crippen LogP contribution in [0.15, 0.2) is 47.8 Å². The molecule has 1 saturated carbocycles. The van der Waals surface area contributed by atoms with Crippen molar-refractivity contribution in [2.45, 2.75) is 76.8 Å². The van der Waals surface area contributed by atoms with E-state index < -0.39 is 29.7 Å². The van der Waals surface area contributed by atoms with Gasteiger partial charge in [-0.05, 0) is 56.5 Å². The molecule has 0 spiro atoms. The Morgan fingerprint density at radius 3 is 2.34 bits per heavy atom. The van der Waals surface area contributed by atoms with Crippen LogP contribution >= 0.6 is 11.3 Å². The first-order valence-corrected chi connectivity index (χ1v) is 17.7. The van der Waals surface area contributed by atoms with Crippen molar-refractivity contribution in [3.63, 3.8) is 0 Å². The second kappa shape index (κ2) is 15.8. The number of fused-ring (bicyclic) bond motifs is 1. The van der Waals surface area contributed by atoms with Crippen molar-refractivity contribution >= 4 is 50.7 Å². The summed E-state index contributed by atoms with van der Waals surface area (Å²) in [6, 6.07) is 10.6. The maximum Gasteiger partial charge on any atom is 0.253 e. The van der Waals surface area contributed by atoms with E-state index in [1.165, 1.54) is 23.5 Å². The number of carbonyl (C=O) groups is 4. The van der Waals surface area contributed by atoms with Crippen molar-refractivity contribution in [2.24, 2.45) is 5.92 Å². The van der Waals surface area contributed by atoms with Crippen molar-refractivity contribution in [3.8, 4) is 0 Å². The van der Waals surface area contributed by atoms with E-state index in [1.807, 2.05) is 36.7 Å². The molecule has 2 heterocycles. The third-order valence-corrected chi connectivity index (χ3v) is 10.5. The standard InChI is InChI=1S/C36H46FN5O4S/c1-4-31(43)38-23(2)32(36(46)42-19-17-41(3)18-20-42)25-15-16-29(28(37)21-25)39-35(45)33(24-11-7-5-6-8-12-24)40-34(44)27-22-47-30-14-10-9-13-26(27)30/h9-10,13-16,21-24,32-33H,4-8,11-12,17-20H2,1-3H3,(H,38,43)(H,39,45)(H,40,44)/t23-,32-,33+/m1/s1. The molecule has 2 aromatic carbocycles. The number of piperazine rings is 1. The van der Waals surface area contributed by atoms with Crippen LogP contribution in [0.25, 0.3) is 10.1 Å². The lowest BCUT2D eigenvalue weighted by molar-refractivity contribution is -0.135. The Bertz CT molecular complexity index is 1580. The maximum absolute atomic E-state index is 15.8. The Morgan fingerprint density at radius 2 is 1.66 bits per heavy atom. The molecule has 11 heteroatoms. The zero-order valence-corrected chi connectivity index (χ0v) is 28.3. The highest BCUT2D eigenvalue weighted by molar-refractivity contribution is 7.17. The smallest absolute Gasteiger partial charge is 0.253 e. The number of anilines is 1. The number of rotatable bonds is 10. The number of hydrogen-bond acceptors (Lipinski definition) is 6. The third kappa shape index (κ3) is 8.37. The molecule has 1 aliphatic carbocycles. The van der Waals surface area contributed by atoms with Crippen LogP contribution in [0.2, 0.25) is 0 Å². The molecule has 47 heavy (non-hydrogen) atoms. The van der Waals surface area contributed by atoms with Crippen molar-refractivity contribution < 1.29 is 23.6 Å². The molecule has 0 radical (unpaired) electrons. The molecule has 0 bridgehead atoms. The predicted molar refractivity (Wildman–Crippen MR) is 184 cm³/mol. The minimum Gasteiger partial charge on any atom is -0.353 e. The highest BCUT2D eigenvalue weighted by Crippen LogP contribution is 2.31. The summed E-state index contributed by atoms with van der Waals surface area (Å²) in [5.74, 6) is -2.72. The second-order valence-electron chi connectivity index (χ2n) is 12.9. The van der Waals surface area contributed by atoms with Crippen LogP contribution in [0, 0.1) is 11.7 Å². The molecule has 2 fully saturated rings. The van der Waals surface area contributed by atoms with E-state index in [0.29, 0.717) is 24.2 Å². The van der Waals surface area contributed by atoms with Gasteiger partial charge in [-0.15, -0.1) is 11.3 Å². The Labute approximate surface area is 280 Å². The molecule has 4 amide bonds. The summed E-state index contributed by atoms with van der Waals surface area (Å²) in [5, 5.41) is 11.3. The molecule has 1 aliphatic heterocycles. The molecule has 9 nitrogen and oxygen atoms in total. The lowest BCUT2D eigenvalue weighted by atomic mass is 9.89. The molecule has 252 valence electrons. The summed E-state index contributed by atoms with van der Waals surface area (Å²) in [7, 11) is 2.00. The molecule has 3 N–H and O–H groups in total. The van der Waals surface area contributed by atoms with Crippen molar-refractivity contribution in [2.75, 3.05) is 38.5 Å². The number of nitrogens with one attached hydrogen (secondary N) is 3. The Morgan fingerprint density at radius 1 is 0.957 bits per heavy atom. The van der Waals surface area contributed by atoms with Gasteiger partial charge < -0.3 is 25.8 Å². The van der Waals surface area contributed by atoms with Crippen molar-refractivity contribution in [3.05, 3.63) is 64.8 Å². The summed E-state index contributed by atoms with van der Waals surface area (Å²) < 4.78 is 16.8. The molecule has 0 unspecified atom stereocenters. The number of hydrogen-bond donors (Lipinski definition) is 3. The van der Waals surface area contributed by atoms with Gasteiger partial charge in [-0.2, -0.15) is 0 Å². The van der Waals surface area contributed by atoms with Crippen LogP contribution in [0.1, 0.15) is 80.6 Å². The van der Waals surface area contributed by atoms with Crippen molar-refractivity contribution in [1.82, 2.24) is 20.4 Å². The fraction of sp³-hybridized carbons (Fsp3) is 0.500. The Hall–Kier alpha value is -3.83. The van der Waals surface area contributed by atoms with Gasteiger partial charge in [0, 0.05) is 54.1 Å². The fourth-order valence-corrected chi connectivity index (χ4v) is 7.70. The highest BCUT2D eigenvalue weighted by atomic mass is 32.1. The average molecular weight is 664 g/mol. The molecule has 3 aromatic rings. The SMILES string of the molecule is CCC(=O)N[C@H](C)[C@@H](C(=O)N1CCN(C)CC1)c1ccc(NC(=O)[C@@H](NC(=O)c2csc3ccccc23)C2CCCCCC2)c(F)c1. The van der Waals surface area contributed by atoms with Crippen LogP contribution in [-0.2, 0) is 14.4 Å². The predicted octanol–water partition coefficient (Wildman–Crippen LogP) is 5.52. The van der Waals surface area contributed by atoms with Gasteiger partial charge in [0.25, 0.3) is 5.91 Å². The lowest BCUT2D eigenvalue weighted by Gasteiger charge is -2.36. The van der Waals surface area contributed by atoms with Gasteiger partial charge in [-0.1, -0.05) is 56.9 Å². The lowest BCUT2D eigenvalue weighted by Crippen LogP contribution is -2.51. The number of nitrogens with zero attached hydrogens (tertiary/aromatic N) is 2. The summed E-state index contributed by atoms with van der Waals surface area (Å²) in [6.45, 7) is 6.06. The first-order chi connectivity index (χ1) is 22.7. The maximum atomic E-state index is 15.8. The van der Waals surface area contributed by atoms with E-state index in [0.717, 1.165) is 61.7 Å². The zero-order valence-electron chi connectivity index (χ0n) is 27.5. The summed E-state index contributed by atoms with van der Waals surface area (Å²) >= 11 is 1.48. The average Bonchev–Trinajstić information content (AvgIpc) is 3.31. The largest absolute Gasteiger partial charge is 0.353 e. The molecule has 1 saturated heterocycles. The molecule has 5 rings (SSSR count). The molecule has 3 atom stereocenters. The van der Waals surface area contributed by atoms with E-state index in [2.05, 4.69) is 20.9 Å². The fourth-order valence-electron chi connectivity index (χ4n) is 6.76. The van der Waals surface area contributed by atoms with Crippen LogP contribution in [0.5, 0.6) is 0 Å². The summed E-state index contributed by atoms with van der Waals surface area (Å²) in [5.41, 5.74) is 0.919. The van der Waals surface area contributed by atoms with Crippen LogP contribution in [0.4, 0.5) is 10.1 Å². The second-order valence-corrected chi connectivity index (χ2v) is 13.8. The molecule has 2 aliphatic rings. The minimum absolute atomic E-state index is 0.0244. The van der Waals surface area contributed by atoms with Crippen molar-refractivity contribution in [1.29, 1.82) is 0 Å². The first kappa shape index (κ1) is 34.5. The third-order valence-electron chi connectivity index (χ3n) is 9.57. The highest BCUT2D eigenvalue weighted by Gasteiger charge is 2.35. The number of carbonyl (C=O) groups excluding carboxylic acids is 4. The van der Waals surface area contributed by atoms with Crippen LogP contribution in [0.3, 0.4) is 0 Å². The van der Waals surface area contributed by atoms with Gasteiger partial charge in [0.2, 0.25) is 17.7 Å². The van der Waals surface area contributed by atoms with Gasteiger partial charge in [-0.3, -0.25) is 19.2 Å². The number of benzene rings is 2. The van der Waals surface area contributed by atoms with Crippen LogP contribution in [-0.4, -0.2) is 78.7 Å². The zero-order chi connectivity index (χ0) is 33.5. The number of likely N-dealkylation sites (N-methyl/N-ethyl adjacent to an activating group) is 1. The van der Waals surface area contributed by atoms with Gasteiger partial charge in [0.1, 0.15) is 11.9 Å². The van der Waals surface area contributed by atoms with E-state index in [4.69, 9.17) is 0 Å². The van der Waals surface area contributed by atoms with Gasteiger partial charge in [0.05, 0.1) is 17.2 Å². The number of halogens is 1. The first-order valence-electron chi connectivity index (χ1n) is 16.8. The van der Waals surface area contributed by atoms with E-state index in [1.54, 1.807) is 24.8 Å². The van der Waals surface area contributed by atoms with Crippen LogP contribution < -0.4 is 16.0 Å². The van der Waals surface area contributed by atoms with E-state index in [9.17, 15) is 19.2 Å². The normalized spacial score (nSPS) is 18.2. The van der Waals surface area contributed by atoms with Gasteiger partial charge in [-0.25, -0.2) is 4.39 Å². The molecular weight excluding hydrogens is 617 g/mol. The van der Waals surface area contributed by atoms with E-state index >= 15 is 4.39 Å². The van der Waals surface area contributed by atoms with Gasteiger partial charge in [0.15, 0.2) is 0 Å².